The maximum absolute atomic E-state index is 13.3. The largest absolute Gasteiger partial charge is 0.384 e. The average Bonchev–Trinajstić information content (AvgIpc) is 2.55. The predicted molar refractivity (Wildman–Crippen MR) is 109 cm³/mol. The summed E-state index contributed by atoms with van der Waals surface area (Å²) >= 11 is 4.30. The molecule has 9 heteroatoms. The summed E-state index contributed by atoms with van der Waals surface area (Å²) in [6.07, 6.45) is 4.35. The molecular weight excluding hydrogens is 367 g/mol. The van der Waals surface area contributed by atoms with E-state index in [4.69, 9.17) is 10.1 Å². The van der Waals surface area contributed by atoms with Gasteiger partial charge in [0, 0.05) is 32.3 Å². The van der Waals surface area contributed by atoms with Crippen molar-refractivity contribution in [3.8, 4) is 0 Å². The van der Waals surface area contributed by atoms with Crippen molar-refractivity contribution in [1.29, 1.82) is 5.41 Å². The average molecular weight is 395 g/mol. The lowest BCUT2D eigenvalue weighted by Crippen LogP contribution is -2.59. The maximum atomic E-state index is 13.3. The van der Waals surface area contributed by atoms with Gasteiger partial charge in [0.15, 0.2) is 0 Å². The molecule has 0 radical (unpaired) electrons. The zero-order valence-electron chi connectivity index (χ0n) is 16.1. The van der Waals surface area contributed by atoms with Crippen LogP contribution in [0.4, 0.5) is 4.39 Å². The minimum Gasteiger partial charge on any atom is -0.384 e. The Balaban J connectivity index is 2.02. The Bertz CT molecular complexity index is 718. The van der Waals surface area contributed by atoms with Crippen molar-refractivity contribution in [2.24, 2.45) is 15.9 Å². The second kappa shape index (κ2) is 9.38. The highest BCUT2D eigenvalue weighted by atomic mass is 32.1. The normalized spacial score (nSPS) is 19.6. The summed E-state index contributed by atoms with van der Waals surface area (Å²) in [5.74, 6) is 0.0286. The molecule has 1 aromatic rings. The zero-order chi connectivity index (χ0) is 20.0. The first kappa shape index (κ1) is 21.5. The Morgan fingerprint density at radius 3 is 2.89 bits per heavy atom. The van der Waals surface area contributed by atoms with Gasteiger partial charge in [0.05, 0.1) is 30.1 Å². The maximum Gasteiger partial charge on any atom is 0.215 e. The molecule has 1 saturated heterocycles. The highest BCUT2D eigenvalue weighted by molar-refractivity contribution is 7.96. The molecule has 2 atom stereocenters. The Morgan fingerprint density at radius 2 is 2.30 bits per heavy atom. The number of pyridine rings is 1. The van der Waals surface area contributed by atoms with Crippen molar-refractivity contribution >= 4 is 29.8 Å². The first-order valence-corrected chi connectivity index (χ1v) is 9.18. The van der Waals surface area contributed by atoms with Gasteiger partial charge in [-0.05, 0) is 32.4 Å². The van der Waals surface area contributed by atoms with E-state index in [2.05, 4.69) is 37.8 Å². The summed E-state index contributed by atoms with van der Waals surface area (Å²) in [6.45, 7) is 7.96. The Labute approximate surface area is 165 Å². The van der Waals surface area contributed by atoms with Gasteiger partial charge in [0.25, 0.3) is 0 Å². The summed E-state index contributed by atoms with van der Waals surface area (Å²) in [6, 6.07) is 1.09. The van der Waals surface area contributed by atoms with Crippen LogP contribution in [-0.4, -0.2) is 59.6 Å². The SMILES string of the molecule is COCC1CN(C(C)(/C=N\C(=N)N[C@@H](C)c2cncc(F)c2)/N=C(/C)S)C1. The Kier molecular flexibility index (Phi) is 7.46. The van der Waals surface area contributed by atoms with Gasteiger partial charge in [-0.15, -0.1) is 12.6 Å². The van der Waals surface area contributed by atoms with Crippen LogP contribution in [0, 0.1) is 17.1 Å². The smallest absolute Gasteiger partial charge is 0.215 e. The van der Waals surface area contributed by atoms with Crippen molar-refractivity contribution in [2.75, 3.05) is 26.8 Å². The molecule has 1 fully saturated rings. The molecular formula is C18H27FN6OS. The number of hydrogen-bond acceptors (Lipinski definition) is 5. The monoisotopic (exact) mass is 394 g/mol. The summed E-state index contributed by atoms with van der Waals surface area (Å²) in [7, 11) is 1.70. The van der Waals surface area contributed by atoms with E-state index in [1.165, 1.54) is 6.07 Å². The standard InChI is InChI=1S/C18H27FN6OS/c1-12(15-5-16(19)7-21-6-15)23-17(20)22-11-18(3,24-13(2)27)25-8-14(9-25)10-26-4/h5-7,11-12,14H,8-10H2,1-4H3,(H2,20,23)(H,24,27)/b22-11-/t12-,18?/m0/s1. The highest BCUT2D eigenvalue weighted by Crippen LogP contribution is 2.27. The Hall–Kier alpha value is -1.84. The Morgan fingerprint density at radius 1 is 1.59 bits per heavy atom. The second-order valence-electron chi connectivity index (χ2n) is 6.89. The number of methoxy groups -OCH3 is 1. The third kappa shape index (κ3) is 6.08. The van der Waals surface area contributed by atoms with Gasteiger partial charge in [-0.1, -0.05) is 0 Å². The van der Waals surface area contributed by atoms with E-state index in [0.29, 0.717) is 23.1 Å². The minimum absolute atomic E-state index is 0.0287. The number of likely N-dealkylation sites (tertiary alicyclic amines) is 1. The van der Waals surface area contributed by atoms with Crippen molar-refractivity contribution in [3.63, 3.8) is 0 Å². The lowest BCUT2D eigenvalue weighted by molar-refractivity contribution is -0.00414. The zero-order valence-corrected chi connectivity index (χ0v) is 17.0. The van der Waals surface area contributed by atoms with Crippen molar-refractivity contribution < 1.29 is 9.13 Å². The molecule has 0 aliphatic carbocycles. The fourth-order valence-corrected chi connectivity index (χ4v) is 3.17. The van der Waals surface area contributed by atoms with Crippen LogP contribution in [0.1, 0.15) is 32.4 Å². The van der Waals surface area contributed by atoms with Crippen molar-refractivity contribution in [1.82, 2.24) is 15.2 Å². The van der Waals surface area contributed by atoms with Crippen molar-refractivity contribution in [3.05, 3.63) is 29.8 Å². The number of halogens is 1. The van der Waals surface area contributed by atoms with E-state index >= 15 is 0 Å². The molecule has 148 valence electrons. The van der Waals surface area contributed by atoms with Crippen molar-refractivity contribution in [2.45, 2.75) is 32.5 Å². The third-order valence-corrected chi connectivity index (χ3v) is 4.51. The number of guanidine groups is 1. The number of aromatic nitrogens is 1. The molecule has 1 unspecified atom stereocenters. The first-order chi connectivity index (χ1) is 12.7. The molecule has 2 rings (SSSR count). The van der Waals surface area contributed by atoms with Crippen LogP contribution in [0.2, 0.25) is 0 Å². The molecule has 7 nitrogen and oxygen atoms in total. The van der Waals surface area contributed by atoms with Gasteiger partial charge in [0.1, 0.15) is 11.5 Å². The van der Waals surface area contributed by atoms with Gasteiger partial charge >= 0.3 is 0 Å². The van der Waals surface area contributed by atoms with Crippen LogP contribution in [0.15, 0.2) is 28.4 Å². The number of ether oxygens (including phenoxy) is 1. The van der Waals surface area contributed by atoms with E-state index in [1.807, 2.05) is 20.8 Å². The molecule has 0 aromatic carbocycles. The van der Waals surface area contributed by atoms with E-state index in [-0.39, 0.29) is 12.0 Å². The first-order valence-electron chi connectivity index (χ1n) is 8.73. The van der Waals surface area contributed by atoms with Crippen LogP contribution in [0.25, 0.3) is 0 Å². The van der Waals surface area contributed by atoms with Crippen LogP contribution in [0.3, 0.4) is 0 Å². The summed E-state index contributed by atoms with van der Waals surface area (Å²) in [5, 5.41) is 11.6. The number of aliphatic imine (C=N–C) groups is 2. The van der Waals surface area contributed by atoms with E-state index < -0.39 is 11.5 Å². The molecule has 1 aliphatic heterocycles. The summed E-state index contributed by atoms with van der Waals surface area (Å²) in [5.41, 5.74) is -0.0414. The number of thiol groups is 1. The van der Waals surface area contributed by atoms with Gasteiger partial charge in [-0.3, -0.25) is 20.3 Å². The quantitative estimate of drug-likeness (QED) is 0.377. The van der Waals surface area contributed by atoms with Gasteiger partial charge in [-0.25, -0.2) is 9.38 Å². The number of rotatable bonds is 7. The molecule has 0 spiro atoms. The molecule has 0 amide bonds. The molecule has 27 heavy (non-hydrogen) atoms. The fraction of sp³-hybridized carbons (Fsp3) is 0.556. The lowest BCUT2D eigenvalue weighted by Gasteiger charge is -2.46. The van der Waals surface area contributed by atoms with Gasteiger partial charge in [0.2, 0.25) is 5.96 Å². The molecule has 2 heterocycles. The topological polar surface area (TPSA) is 86.0 Å². The molecule has 0 saturated carbocycles. The molecule has 2 N–H and O–H groups in total. The lowest BCUT2D eigenvalue weighted by atomic mass is 9.96. The predicted octanol–water partition coefficient (Wildman–Crippen LogP) is 2.52. The number of hydrogen-bond donors (Lipinski definition) is 3. The molecule has 1 aromatic heterocycles. The second-order valence-corrected chi connectivity index (χ2v) is 7.54. The highest BCUT2D eigenvalue weighted by Gasteiger charge is 2.39. The summed E-state index contributed by atoms with van der Waals surface area (Å²) in [4.78, 5) is 14.8. The van der Waals surface area contributed by atoms with Gasteiger partial charge in [-0.2, -0.15) is 0 Å². The van der Waals surface area contributed by atoms with Crippen LogP contribution in [-0.2, 0) is 4.74 Å². The minimum atomic E-state index is -0.687. The fourth-order valence-electron chi connectivity index (χ4n) is 2.97. The van der Waals surface area contributed by atoms with Crippen LogP contribution < -0.4 is 5.32 Å². The van der Waals surface area contributed by atoms with Crippen LogP contribution >= 0.6 is 12.6 Å². The van der Waals surface area contributed by atoms with E-state index in [9.17, 15) is 4.39 Å². The van der Waals surface area contributed by atoms with Gasteiger partial charge < -0.3 is 10.1 Å². The third-order valence-electron chi connectivity index (χ3n) is 4.41. The van der Waals surface area contributed by atoms with Crippen LogP contribution in [0.5, 0.6) is 0 Å². The molecule has 0 bridgehead atoms. The summed E-state index contributed by atoms with van der Waals surface area (Å²) < 4.78 is 18.5. The number of nitrogens with one attached hydrogen (secondary N) is 2. The number of nitrogens with zero attached hydrogens (tertiary/aromatic N) is 4. The molecule has 1 aliphatic rings. The van der Waals surface area contributed by atoms with E-state index in [1.54, 1.807) is 19.5 Å². The van der Waals surface area contributed by atoms with E-state index in [0.717, 1.165) is 19.3 Å².